The second-order valence-corrected chi connectivity index (χ2v) is 4.39. The fourth-order valence-electron chi connectivity index (χ4n) is 1.80. The monoisotopic (exact) mass is 293 g/mol. The van der Waals surface area contributed by atoms with Crippen molar-refractivity contribution in [2.24, 2.45) is 0 Å². The zero-order valence-electron chi connectivity index (χ0n) is 11.6. The minimum absolute atomic E-state index is 0.390. The average molecular weight is 294 g/mol. The molecular formula is C14H16ClN3O2. The molecule has 0 radical (unpaired) electrons. The third-order valence-electron chi connectivity index (χ3n) is 2.71. The Morgan fingerprint density at radius 3 is 2.50 bits per heavy atom. The summed E-state index contributed by atoms with van der Waals surface area (Å²) >= 11 is 6.02. The number of rotatable bonds is 5. The molecule has 1 N–H and O–H groups in total. The second-order valence-electron chi connectivity index (χ2n) is 4.00. The number of ether oxygens (including phenoxy) is 2. The molecule has 0 bridgehead atoms. The van der Waals surface area contributed by atoms with Crippen LogP contribution in [0.25, 0.3) is 11.3 Å². The molecule has 106 valence electrons. The smallest absolute Gasteiger partial charge is 0.224 e. The summed E-state index contributed by atoms with van der Waals surface area (Å²) in [5.74, 6) is 1.82. The van der Waals surface area contributed by atoms with Gasteiger partial charge in [-0.15, -0.1) is 0 Å². The van der Waals surface area contributed by atoms with Crippen LogP contribution in [-0.2, 0) is 0 Å². The Hall–Kier alpha value is -2.01. The number of aromatic nitrogens is 2. The molecule has 1 aromatic carbocycles. The molecule has 0 atom stereocenters. The topological polar surface area (TPSA) is 56.3 Å². The lowest BCUT2D eigenvalue weighted by Gasteiger charge is -2.10. The van der Waals surface area contributed by atoms with Gasteiger partial charge >= 0.3 is 0 Å². The summed E-state index contributed by atoms with van der Waals surface area (Å²) in [5.41, 5.74) is 1.60. The van der Waals surface area contributed by atoms with E-state index in [-0.39, 0.29) is 0 Å². The molecule has 0 aliphatic carbocycles. The van der Waals surface area contributed by atoms with Gasteiger partial charge in [0.05, 0.1) is 19.9 Å². The molecule has 0 fully saturated rings. The Kier molecular flexibility index (Phi) is 4.63. The van der Waals surface area contributed by atoms with Crippen molar-refractivity contribution in [3.8, 4) is 22.8 Å². The molecule has 2 aromatic rings. The molecule has 20 heavy (non-hydrogen) atoms. The zero-order valence-corrected chi connectivity index (χ0v) is 12.4. The Labute approximate surface area is 122 Å². The highest BCUT2D eigenvalue weighted by Gasteiger charge is 2.09. The van der Waals surface area contributed by atoms with Gasteiger partial charge in [0, 0.05) is 18.2 Å². The van der Waals surface area contributed by atoms with Crippen LogP contribution < -0.4 is 14.8 Å². The molecule has 0 spiro atoms. The Morgan fingerprint density at radius 2 is 1.85 bits per heavy atom. The van der Waals surface area contributed by atoms with Crippen molar-refractivity contribution < 1.29 is 9.47 Å². The van der Waals surface area contributed by atoms with Crippen molar-refractivity contribution in [3.63, 3.8) is 0 Å². The molecule has 1 heterocycles. The number of nitrogens with zero attached hydrogens (tertiary/aromatic N) is 2. The number of anilines is 1. The van der Waals surface area contributed by atoms with E-state index in [9.17, 15) is 0 Å². The maximum atomic E-state index is 6.02. The van der Waals surface area contributed by atoms with Gasteiger partial charge in [0.15, 0.2) is 11.5 Å². The van der Waals surface area contributed by atoms with E-state index in [2.05, 4.69) is 15.3 Å². The molecular weight excluding hydrogens is 278 g/mol. The van der Waals surface area contributed by atoms with Crippen molar-refractivity contribution in [2.45, 2.75) is 6.92 Å². The number of hydrogen-bond acceptors (Lipinski definition) is 5. The highest BCUT2D eigenvalue weighted by atomic mass is 35.5. The first-order valence-corrected chi connectivity index (χ1v) is 6.56. The van der Waals surface area contributed by atoms with E-state index in [1.54, 1.807) is 20.3 Å². The van der Waals surface area contributed by atoms with Gasteiger partial charge in [0.1, 0.15) is 5.15 Å². The maximum absolute atomic E-state index is 6.02. The molecule has 0 saturated carbocycles. The second kappa shape index (κ2) is 6.43. The lowest BCUT2D eigenvalue weighted by Crippen LogP contribution is -2.03. The maximum Gasteiger partial charge on any atom is 0.224 e. The van der Waals surface area contributed by atoms with Gasteiger partial charge in [0.25, 0.3) is 0 Å². The van der Waals surface area contributed by atoms with Crippen molar-refractivity contribution in [2.75, 3.05) is 26.1 Å². The molecule has 0 amide bonds. The highest BCUT2D eigenvalue weighted by molar-refractivity contribution is 6.29. The number of nitrogens with one attached hydrogen (secondary N) is 1. The van der Waals surface area contributed by atoms with Crippen LogP contribution >= 0.6 is 11.6 Å². The lowest BCUT2D eigenvalue weighted by atomic mass is 10.1. The van der Waals surface area contributed by atoms with Gasteiger partial charge in [-0.2, -0.15) is 0 Å². The van der Waals surface area contributed by atoms with Crippen LogP contribution in [0.1, 0.15) is 6.92 Å². The number of halogens is 1. The molecule has 2 rings (SSSR count). The summed E-state index contributed by atoms with van der Waals surface area (Å²) in [4.78, 5) is 8.53. The molecule has 6 heteroatoms. The van der Waals surface area contributed by atoms with E-state index in [1.807, 2.05) is 25.1 Å². The molecule has 0 unspecified atom stereocenters. The van der Waals surface area contributed by atoms with Gasteiger partial charge in [0.2, 0.25) is 5.95 Å². The van der Waals surface area contributed by atoms with Crippen LogP contribution in [0, 0.1) is 0 Å². The van der Waals surface area contributed by atoms with Crippen molar-refractivity contribution in [1.29, 1.82) is 0 Å². The van der Waals surface area contributed by atoms with E-state index < -0.39 is 0 Å². The van der Waals surface area contributed by atoms with Gasteiger partial charge in [-0.3, -0.25) is 0 Å². The SMILES string of the molecule is CCNc1nc(Cl)cc(-c2ccc(OC)c(OC)c2)n1. The molecule has 5 nitrogen and oxygen atoms in total. The third-order valence-corrected chi connectivity index (χ3v) is 2.90. The minimum atomic E-state index is 0.390. The summed E-state index contributed by atoms with van der Waals surface area (Å²) < 4.78 is 10.5. The van der Waals surface area contributed by atoms with E-state index in [1.165, 1.54) is 0 Å². The van der Waals surface area contributed by atoms with E-state index in [4.69, 9.17) is 21.1 Å². The van der Waals surface area contributed by atoms with E-state index in [0.29, 0.717) is 22.6 Å². The van der Waals surface area contributed by atoms with Crippen molar-refractivity contribution >= 4 is 17.5 Å². The fraction of sp³-hybridized carbons (Fsp3) is 0.286. The molecule has 0 aliphatic heterocycles. The number of methoxy groups -OCH3 is 2. The van der Waals surface area contributed by atoms with Crippen LogP contribution in [0.3, 0.4) is 0 Å². The van der Waals surface area contributed by atoms with E-state index in [0.717, 1.165) is 17.8 Å². The standard InChI is InChI=1S/C14H16ClN3O2/c1-4-16-14-17-10(8-13(15)18-14)9-5-6-11(19-2)12(7-9)20-3/h5-8H,4H2,1-3H3,(H,16,17,18). The van der Waals surface area contributed by atoms with Crippen LogP contribution in [0.2, 0.25) is 5.15 Å². The zero-order chi connectivity index (χ0) is 14.5. The molecule has 0 saturated heterocycles. The van der Waals surface area contributed by atoms with Crippen LogP contribution in [0.5, 0.6) is 11.5 Å². The van der Waals surface area contributed by atoms with Crippen LogP contribution in [0.15, 0.2) is 24.3 Å². The number of benzene rings is 1. The fourth-order valence-corrected chi connectivity index (χ4v) is 1.98. The predicted octanol–water partition coefficient (Wildman–Crippen LogP) is 3.25. The molecule has 1 aromatic heterocycles. The summed E-state index contributed by atoms with van der Waals surface area (Å²) in [6.07, 6.45) is 0. The highest BCUT2D eigenvalue weighted by Crippen LogP contribution is 2.32. The van der Waals surface area contributed by atoms with Crippen molar-refractivity contribution in [3.05, 3.63) is 29.4 Å². The quantitative estimate of drug-likeness (QED) is 0.858. The first-order valence-electron chi connectivity index (χ1n) is 6.18. The summed E-state index contributed by atoms with van der Waals surface area (Å²) in [6.45, 7) is 2.70. The Balaban J connectivity index is 2.45. The normalized spacial score (nSPS) is 10.2. The largest absolute Gasteiger partial charge is 0.493 e. The average Bonchev–Trinajstić information content (AvgIpc) is 2.46. The lowest BCUT2D eigenvalue weighted by molar-refractivity contribution is 0.355. The summed E-state index contributed by atoms with van der Waals surface area (Å²) in [5, 5.41) is 3.44. The Bertz CT molecular complexity index is 605. The number of hydrogen-bond donors (Lipinski definition) is 1. The Morgan fingerprint density at radius 1 is 1.10 bits per heavy atom. The van der Waals surface area contributed by atoms with E-state index >= 15 is 0 Å². The summed E-state index contributed by atoms with van der Waals surface area (Å²) in [6, 6.07) is 7.30. The van der Waals surface area contributed by atoms with Crippen LogP contribution in [-0.4, -0.2) is 30.7 Å². The van der Waals surface area contributed by atoms with Gasteiger partial charge in [-0.25, -0.2) is 9.97 Å². The summed E-state index contributed by atoms with van der Waals surface area (Å²) in [7, 11) is 3.20. The first kappa shape index (κ1) is 14.4. The predicted molar refractivity (Wildman–Crippen MR) is 79.7 cm³/mol. The van der Waals surface area contributed by atoms with Crippen molar-refractivity contribution in [1.82, 2.24) is 9.97 Å². The van der Waals surface area contributed by atoms with Gasteiger partial charge in [-0.05, 0) is 25.1 Å². The third kappa shape index (κ3) is 3.11. The van der Waals surface area contributed by atoms with Gasteiger partial charge in [-0.1, -0.05) is 11.6 Å². The first-order chi connectivity index (χ1) is 9.67. The van der Waals surface area contributed by atoms with Crippen LogP contribution in [0.4, 0.5) is 5.95 Å². The minimum Gasteiger partial charge on any atom is -0.493 e. The van der Waals surface area contributed by atoms with Gasteiger partial charge < -0.3 is 14.8 Å². The molecule has 0 aliphatic rings.